The van der Waals surface area contributed by atoms with E-state index in [-0.39, 0.29) is 28.4 Å². The molecule has 63 heavy (non-hydrogen) atoms. The van der Waals surface area contributed by atoms with E-state index in [9.17, 15) is 0 Å². The van der Waals surface area contributed by atoms with Crippen molar-refractivity contribution in [3.05, 3.63) is 161 Å². The first-order valence-corrected chi connectivity index (χ1v) is 23.9. The van der Waals surface area contributed by atoms with E-state index in [0.29, 0.717) is 0 Å². The molecule has 0 N–H and O–H groups in total. The van der Waals surface area contributed by atoms with E-state index < -0.39 is 0 Å². The summed E-state index contributed by atoms with van der Waals surface area (Å²) in [4.78, 5) is 5.20. The van der Waals surface area contributed by atoms with Gasteiger partial charge in [0.2, 0.25) is 0 Å². The average Bonchev–Trinajstić information content (AvgIpc) is 3.63. The van der Waals surface area contributed by atoms with Crippen LogP contribution >= 0.6 is 11.3 Å². The fraction of sp³-hybridized carbons (Fsp3) is 0.288. The van der Waals surface area contributed by atoms with Gasteiger partial charge in [0.15, 0.2) is 0 Å². The molecule has 1 aromatic heterocycles. The van der Waals surface area contributed by atoms with Crippen LogP contribution in [0.4, 0.5) is 34.1 Å². The lowest BCUT2D eigenvalue weighted by atomic mass is 9.33. The molecule has 0 atom stereocenters. The number of rotatable bonds is 3. The molecule has 2 nitrogen and oxygen atoms in total. The zero-order valence-electron chi connectivity index (χ0n) is 39.0. The Kier molecular flexibility index (Phi) is 8.75. The van der Waals surface area contributed by atoms with Crippen LogP contribution in [0.15, 0.2) is 133 Å². The van der Waals surface area contributed by atoms with E-state index in [2.05, 4.69) is 219 Å². The van der Waals surface area contributed by atoms with Crippen LogP contribution in [0.1, 0.15) is 110 Å². The Morgan fingerprint density at radius 2 is 1.14 bits per heavy atom. The Hall–Kier alpha value is -5.58. The van der Waals surface area contributed by atoms with Crippen molar-refractivity contribution < 1.29 is 0 Å². The van der Waals surface area contributed by atoms with Crippen LogP contribution in [-0.4, -0.2) is 6.71 Å². The zero-order valence-corrected chi connectivity index (χ0v) is 39.8. The van der Waals surface area contributed by atoms with Crippen LogP contribution < -0.4 is 26.2 Å². The second-order valence-corrected chi connectivity index (χ2v) is 23.2. The van der Waals surface area contributed by atoms with Crippen molar-refractivity contribution in [2.24, 2.45) is 0 Å². The molecule has 314 valence electrons. The number of benzene rings is 7. The number of aryl methyl sites for hydroxylation is 1. The lowest BCUT2D eigenvalue weighted by Crippen LogP contribution is -2.61. The molecule has 0 saturated heterocycles. The van der Waals surface area contributed by atoms with Crippen molar-refractivity contribution in [3.63, 3.8) is 0 Å². The average molecular weight is 839 g/mol. The molecule has 2 aliphatic heterocycles. The maximum Gasteiger partial charge on any atom is 0.252 e. The van der Waals surface area contributed by atoms with Gasteiger partial charge < -0.3 is 9.80 Å². The van der Waals surface area contributed by atoms with Gasteiger partial charge in [-0.3, -0.25) is 0 Å². The fourth-order valence-corrected chi connectivity index (χ4v) is 12.3. The Morgan fingerprint density at radius 3 is 1.86 bits per heavy atom. The van der Waals surface area contributed by atoms with Crippen molar-refractivity contribution >= 4 is 88.7 Å². The van der Waals surface area contributed by atoms with Gasteiger partial charge in [-0.1, -0.05) is 148 Å². The highest BCUT2D eigenvalue weighted by molar-refractivity contribution is 7.26. The summed E-state index contributed by atoms with van der Waals surface area (Å²) in [7, 11) is 0. The zero-order chi connectivity index (χ0) is 44.0. The van der Waals surface area contributed by atoms with E-state index in [1.807, 2.05) is 11.3 Å². The number of fused-ring (bicyclic) bond motifs is 8. The van der Waals surface area contributed by atoms with E-state index >= 15 is 0 Å². The minimum absolute atomic E-state index is 0.000786. The standard InChI is InChI=1S/C59H59BN2S/c1-36-31-51-54-52(32-36)62(41-25-26-45-46(35-41)59(10,11)30-29-58(45,8)9)49-28-22-38(56(2,3)4)33-48(49)60(54)47-27-21-39(57(5,6)7)34-50(47)61(51)40-23-19-37(20-24-40)42-16-14-17-44-43-15-12-13-18-53(43)63-55(42)44/h12-28,31-35H,29-30H2,1-11H3. The molecular formula is C59H59BN2S. The van der Waals surface area contributed by atoms with Crippen LogP contribution in [0.5, 0.6) is 0 Å². The van der Waals surface area contributed by atoms with E-state index in [1.165, 1.54) is 122 Å². The van der Waals surface area contributed by atoms with Crippen molar-refractivity contribution in [3.8, 4) is 11.1 Å². The lowest BCUT2D eigenvalue weighted by molar-refractivity contribution is 0.332. The largest absolute Gasteiger partial charge is 0.311 e. The summed E-state index contributed by atoms with van der Waals surface area (Å²) < 4.78 is 2.69. The van der Waals surface area contributed by atoms with Crippen LogP contribution in [0.2, 0.25) is 0 Å². The summed E-state index contributed by atoms with van der Waals surface area (Å²) in [6, 6.07) is 52.1. The molecule has 0 spiro atoms. The van der Waals surface area contributed by atoms with E-state index in [4.69, 9.17) is 0 Å². The van der Waals surface area contributed by atoms with Gasteiger partial charge in [0, 0.05) is 54.3 Å². The van der Waals surface area contributed by atoms with Crippen LogP contribution in [0, 0.1) is 6.92 Å². The molecular weight excluding hydrogens is 780 g/mol. The van der Waals surface area contributed by atoms with Crippen molar-refractivity contribution in [1.29, 1.82) is 0 Å². The molecule has 0 amide bonds. The molecule has 0 bridgehead atoms. The smallest absolute Gasteiger partial charge is 0.252 e. The highest BCUT2D eigenvalue weighted by Crippen LogP contribution is 2.51. The molecule has 7 aromatic carbocycles. The summed E-state index contributed by atoms with van der Waals surface area (Å²) in [6.07, 6.45) is 2.39. The Morgan fingerprint density at radius 1 is 0.524 bits per heavy atom. The maximum absolute atomic E-state index is 2.61. The van der Waals surface area contributed by atoms with Gasteiger partial charge in [0.25, 0.3) is 6.71 Å². The monoisotopic (exact) mass is 838 g/mol. The minimum Gasteiger partial charge on any atom is -0.311 e. The third-order valence-electron chi connectivity index (χ3n) is 14.9. The van der Waals surface area contributed by atoms with Gasteiger partial charge in [-0.2, -0.15) is 0 Å². The molecule has 3 aliphatic rings. The highest BCUT2D eigenvalue weighted by Gasteiger charge is 2.45. The molecule has 4 heteroatoms. The van der Waals surface area contributed by atoms with Crippen molar-refractivity contribution in [2.75, 3.05) is 9.80 Å². The number of hydrogen-bond acceptors (Lipinski definition) is 3. The molecule has 8 aromatic rings. The predicted octanol–water partition coefficient (Wildman–Crippen LogP) is 15.1. The molecule has 1 aliphatic carbocycles. The van der Waals surface area contributed by atoms with Crippen molar-refractivity contribution in [1.82, 2.24) is 0 Å². The van der Waals surface area contributed by atoms with Gasteiger partial charge in [-0.05, 0) is 151 Å². The second kappa shape index (κ2) is 13.7. The quantitative estimate of drug-likeness (QED) is 0.164. The SMILES string of the molecule is Cc1cc2c3c(c1)N(c1ccc(-c4cccc5c4sc4ccccc45)cc1)c1cc(C(C)(C)C)ccc1B3c1cc(C(C)(C)C)ccc1N2c1ccc2c(c1)C(C)(C)CCC2(C)C. The molecule has 0 radical (unpaired) electrons. The highest BCUT2D eigenvalue weighted by atomic mass is 32.1. The minimum atomic E-state index is -0.0129. The van der Waals surface area contributed by atoms with Gasteiger partial charge in [-0.15, -0.1) is 11.3 Å². The lowest BCUT2D eigenvalue weighted by Gasteiger charge is -2.46. The fourth-order valence-electron chi connectivity index (χ4n) is 11.1. The first-order valence-electron chi connectivity index (χ1n) is 23.1. The van der Waals surface area contributed by atoms with Crippen LogP contribution in [0.3, 0.4) is 0 Å². The summed E-state index contributed by atoms with van der Waals surface area (Å²) in [5, 5.41) is 2.67. The Bertz CT molecular complexity index is 3170. The molecule has 0 fully saturated rings. The van der Waals surface area contributed by atoms with Crippen molar-refractivity contribution in [2.45, 2.75) is 111 Å². The topological polar surface area (TPSA) is 6.48 Å². The molecule has 3 heterocycles. The maximum atomic E-state index is 2.61. The molecule has 11 rings (SSSR count). The summed E-state index contributed by atoms with van der Waals surface area (Å²) in [6.45, 7) is 26.2. The van der Waals surface area contributed by atoms with Gasteiger partial charge >= 0.3 is 0 Å². The first kappa shape index (κ1) is 40.2. The summed E-state index contributed by atoms with van der Waals surface area (Å²) in [5.74, 6) is 0. The third kappa shape index (κ3) is 6.26. The number of nitrogens with zero attached hydrogens (tertiary/aromatic N) is 2. The van der Waals surface area contributed by atoms with Crippen LogP contribution in [0.25, 0.3) is 31.3 Å². The Balaban J connectivity index is 1.15. The second-order valence-electron chi connectivity index (χ2n) is 22.2. The third-order valence-corrected chi connectivity index (χ3v) is 16.1. The number of thiophene rings is 1. The number of hydrogen-bond donors (Lipinski definition) is 0. The van der Waals surface area contributed by atoms with Gasteiger partial charge in [0.05, 0.1) is 0 Å². The predicted molar refractivity (Wildman–Crippen MR) is 276 cm³/mol. The molecule has 0 saturated carbocycles. The summed E-state index contributed by atoms with van der Waals surface area (Å²) >= 11 is 1.90. The molecule has 0 unspecified atom stereocenters. The van der Waals surface area contributed by atoms with Crippen LogP contribution in [-0.2, 0) is 21.7 Å². The Labute approximate surface area is 379 Å². The number of anilines is 6. The van der Waals surface area contributed by atoms with E-state index in [1.54, 1.807) is 0 Å². The van der Waals surface area contributed by atoms with Gasteiger partial charge in [0.1, 0.15) is 0 Å². The van der Waals surface area contributed by atoms with Gasteiger partial charge in [-0.25, -0.2) is 0 Å². The summed E-state index contributed by atoms with van der Waals surface area (Å²) in [5.41, 5.74) is 21.4. The normalized spacial score (nSPS) is 16.2. The van der Waals surface area contributed by atoms with E-state index in [0.717, 1.165) is 0 Å². The first-order chi connectivity index (χ1) is 29.9.